The van der Waals surface area contributed by atoms with Gasteiger partial charge in [0, 0.05) is 0 Å². The first-order valence-corrected chi connectivity index (χ1v) is 7.35. The summed E-state index contributed by atoms with van der Waals surface area (Å²) < 4.78 is 14.6. The van der Waals surface area contributed by atoms with Gasteiger partial charge in [-0.3, -0.25) is 20.2 Å². The van der Waals surface area contributed by atoms with Crippen molar-refractivity contribution in [1.29, 1.82) is 0 Å². The molecule has 0 aromatic heterocycles. The standard InChI is InChI=1S/C15H17N3O8/c1-14(2,3)18-8-6(9(19)24-4)7(10(20)25-5)15(26-8)11(21)16-13(23)17-12(15)22/h1-5H3,(H2,16,17,21,22,23). The van der Waals surface area contributed by atoms with Crippen LogP contribution in [0.3, 0.4) is 0 Å². The van der Waals surface area contributed by atoms with Crippen molar-refractivity contribution in [1.82, 2.24) is 10.6 Å². The minimum Gasteiger partial charge on any atom is -0.465 e. The van der Waals surface area contributed by atoms with Crippen LogP contribution in [0.5, 0.6) is 0 Å². The number of nitrogens with zero attached hydrogens (tertiary/aromatic N) is 1. The molecule has 0 atom stereocenters. The molecule has 11 nitrogen and oxygen atoms in total. The van der Waals surface area contributed by atoms with Gasteiger partial charge in [-0.1, -0.05) is 0 Å². The van der Waals surface area contributed by atoms with Gasteiger partial charge in [-0.25, -0.2) is 19.4 Å². The third-order valence-electron chi connectivity index (χ3n) is 3.38. The van der Waals surface area contributed by atoms with Crippen LogP contribution >= 0.6 is 0 Å². The number of nitrogens with one attached hydrogen (secondary N) is 2. The maximum absolute atomic E-state index is 12.5. The summed E-state index contributed by atoms with van der Waals surface area (Å²) in [5, 5.41) is 3.66. The van der Waals surface area contributed by atoms with Gasteiger partial charge >= 0.3 is 18.0 Å². The number of carbonyl (C=O) groups is 5. The van der Waals surface area contributed by atoms with E-state index in [1.54, 1.807) is 20.8 Å². The molecule has 11 heteroatoms. The van der Waals surface area contributed by atoms with E-state index >= 15 is 0 Å². The molecule has 140 valence electrons. The smallest absolute Gasteiger partial charge is 0.344 e. The highest BCUT2D eigenvalue weighted by molar-refractivity contribution is 6.35. The van der Waals surface area contributed by atoms with Crippen molar-refractivity contribution < 1.29 is 38.2 Å². The van der Waals surface area contributed by atoms with Crippen molar-refractivity contribution in [2.24, 2.45) is 4.99 Å². The third kappa shape index (κ3) is 2.91. The monoisotopic (exact) mass is 367 g/mol. The number of hydrogen-bond donors (Lipinski definition) is 2. The number of imide groups is 2. The number of barbiturate groups is 1. The highest BCUT2D eigenvalue weighted by Crippen LogP contribution is 2.37. The van der Waals surface area contributed by atoms with Crippen molar-refractivity contribution in [3.63, 3.8) is 0 Å². The van der Waals surface area contributed by atoms with Gasteiger partial charge in [-0.05, 0) is 20.8 Å². The van der Waals surface area contributed by atoms with E-state index in [-0.39, 0.29) is 0 Å². The van der Waals surface area contributed by atoms with Gasteiger partial charge < -0.3 is 14.2 Å². The molecule has 2 aliphatic rings. The van der Waals surface area contributed by atoms with Crippen LogP contribution in [0, 0.1) is 0 Å². The van der Waals surface area contributed by atoms with E-state index < -0.39 is 58.0 Å². The van der Waals surface area contributed by atoms with Crippen LogP contribution in [0.15, 0.2) is 16.1 Å². The fourth-order valence-corrected chi connectivity index (χ4v) is 2.39. The first kappa shape index (κ1) is 19.1. The van der Waals surface area contributed by atoms with Crippen LogP contribution in [0.4, 0.5) is 4.79 Å². The Kier molecular flexibility index (Phi) is 4.58. The van der Waals surface area contributed by atoms with Crippen molar-refractivity contribution in [3.05, 3.63) is 11.1 Å². The van der Waals surface area contributed by atoms with E-state index in [1.165, 1.54) is 0 Å². The molecule has 2 rings (SSSR count). The van der Waals surface area contributed by atoms with Crippen molar-refractivity contribution >= 4 is 35.7 Å². The van der Waals surface area contributed by atoms with Gasteiger partial charge in [-0.15, -0.1) is 0 Å². The number of amides is 4. The van der Waals surface area contributed by atoms with Crippen LogP contribution in [0.1, 0.15) is 20.8 Å². The predicted molar refractivity (Wildman–Crippen MR) is 83.7 cm³/mol. The van der Waals surface area contributed by atoms with Crippen LogP contribution in [-0.4, -0.2) is 61.0 Å². The van der Waals surface area contributed by atoms with Crippen LogP contribution in [0.2, 0.25) is 0 Å². The molecule has 1 spiro atoms. The highest BCUT2D eigenvalue weighted by atomic mass is 16.6. The second-order valence-electron chi connectivity index (χ2n) is 6.34. The minimum atomic E-state index is -2.64. The molecule has 1 saturated heterocycles. The molecule has 2 heterocycles. The Morgan fingerprint density at radius 3 is 1.92 bits per heavy atom. The Balaban J connectivity index is 2.84. The molecule has 0 aromatic carbocycles. The summed E-state index contributed by atoms with van der Waals surface area (Å²) in [6, 6.07) is -1.10. The first-order valence-electron chi connectivity index (χ1n) is 7.35. The number of esters is 2. The first-order chi connectivity index (χ1) is 12.0. The van der Waals surface area contributed by atoms with Gasteiger partial charge in [0.25, 0.3) is 17.4 Å². The zero-order valence-corrected chi connectivity index (χ0v) is 14.7. The quantitative estimate of drug-likeness (QED) is 0.464. The van der Waals surface area contributed by atoms with E-state index in [9.17, 15) is 24.0 Å². The summed E-state index contributed by atoms with van der Waals surface area (Å²) in [6.45, 7) is 4.98. The van der Waals surface area contributed by atoms with Gasteiger partial charge in [0.1, 0.15) is 11.1 Å². The van der Waals surface area contributed by atoms with Crippen molar-refractivity contribution in [2.75, 3.05) is 14.2 Å². The number of rotatable bonds is 2. The average Bonchev–Trinajstić information content (AvgIpc) is 2.85. The molecule has 1 fully saturated rings. The zero-order valence-electron chi connectivity index (χ0n) is 14.7. The molecule has 2 aliphatic heterocycles. The lowest BCUT2D eigenvalue weighted by atomic mass is 9.88. The summed E-state index contributed by atoms with van der Waals surface area (Å²) >= 11 is 0. The van der Waals surface area contributed by atoms with E-state index in [4.69, 9.17) is 4.74 Å². The van der Waals surface area contributed by atoms with Crippen molar-refractivity contribution in [3.8, 4) is 0 Å². The van der Waals surface area contributed by atoms with Gasteiger partial charge in [0.2, 0.25) is 5.90 Å². The summed E-state index contributed by atoms with van der Waals surface area (Å²) in [5.41, 5.74) is -4.71. The SMILES string of the molecule is COC(=O)C1=C(C(=O)OC)C2(OC1=NC(C)(C)C)C(=O)NC(=O)NC2=O. The summed E-state index contributed by atoms with van der Waals surface area (Å²) in [7, 11) is 2.02. The molecular weight excluding hydrogens is 350 g/mol. The Morgan fingerprint density at radius 2 is 1.50 bits per heavy atom. The Bertz CT molecular complexity index is 767. The maximum atomic E-state index is 12.5. The maximum Gasteiger partial charge on any atom is 0.344 e. The number of urea groups is 1. The van der Waals surface area contributed by atoms with Crippen LogP contribution in [0.25, 0.3) is 0 Å². The van der Waals surface area contributed by atoms with Gasteiger partial charge in [0.05, 0.1) is 19.8 Å². The number of aliphatic imine (C=N–C) groups is 1. The molecule has 0 bridgehead atoms. The molecule has 26 heavy (non-hydrogen) atoms. The number of methoxy groups -OCH3 is 2. The summed E-state index contributed by atoms with van der Waals surface area (Å²) in [6.07, 6.45) is 0. The second-order valence-corrected chi connectivity index (χ2v) is 6.34. The molecule has 0 radical (unpaired) electrons. The predicted octanol–water partition coefficient (Wildman–Crippen LogP) is -1.04. The molecule has 2 N–H and O–H groups in total. The fraction of sp³-hybridized carbons (Fsp3) is 0.467. The lowest BCUT2D eigenvalue weighted by Gasteiger charge is -2.30. The molecule has 0 aromatic rings. The van der Waals surface area contributed by atoms with Gasteiger partial charge in [0.15, 0.2) is 0 Å². The normalized spacial score (nSPS) is 20.7. The largest absolute Gasteiger partial charge is 0.465 e. The Hall–Kier alpha value is -3.24. The lowest BCUT2D eigenvalue weighted by molar-refractivity contribution is -0.153. The Labute approximate surface area is 147 Å². The molecule has 4 amide bonds. The zero-order chi connectivity index (χ0) is 19.9. The molecule has 0 saturated carbocycles. The molecular formula is C15H17N3O8. The highest BCUT2D eigenvalue weighted by Gasteiger charge is 2.65. The van der Waals surface area contributed by atoms with Crippen molar-refractivity contribution in [2.45, 2.75) is 31.9 Å². The second kappa shape index (κ2) is 6.24. The lowest BCUT2D eigenvalue weighted by Crippen LogP contribution is -2.68. The fourth-order valence-electron chi connectivity index (χ4n) is 2.39. The van der Waals surface area contributed by atoms with E-state index in [0.29, 0.717) is 0 Å². The number of carbonyl (C=O) groups excluding carboxylic acids is 5. The van der Waals surface area contributed by atoms with E-state index in [0.717, 1.165) is 14.2 Å². The average molecular weight is 367 g/mol. The number of hydrogen-bond acceptors (Lipinski definition) is 9. The van der Waals surface area contributed by atoms with E-state index in [2.05, 4.69) is 14.5 Å². The minimum absolute atomic E-state index is 0.454. The van der Waals surface area contributed by atoms with E-state index in [1.807, 2.05) is 10.6 Å². The Morgan fingerprint density at radius 1 is 1.00 bits per heavy atom. The molecule has 0 aliphatic carbocycles. The van der Waals surface area contributed by atoms with Crippen LogP contribution in [-0.2, 0) is 33.4 Å². The summed E-state index contributed by atoms with van der Waals surface area (Å²) in [5.74, 6) is -5.23. The molecule has 0 unspecified atom stereocenters. The number of ether oxygens (including phenoxy) is 3. The third-order valence-corrected chi connectivity index (χ3v) is 3.38. The van der Waals surface area contributed by atoms with Crippen LogP contribution < -0.4 is 10.6 Å². The summed E-state index contributed by atoms with van der Waals surface area (Å²) in [4.78, 5) is 65.1. The van der Waals surface area contributed by atoms with Gasteiger partial charge in [-0.2, -0.15) is 0 Å². The topological polar surface area (TPSA) is 149 Å².